The molecule has 0 radical (unpaired) electrons. The van der Waals surface area contributed by atoms with Crippen LogP contribution in [0.3, 0.4) is 0 Å². The summed E-state index contributed by atoms with van der Waals surface area (Å²) in [6.45, 7) is 6.00. The van der Waals surface area contributed by atoms with E-state index >= 15 is 0 Å². The van der Waals surface area contributed by atoms with Gasteiger partial charge in [0, 0.05) is 19.6 Å². The first-order valence-corrected chi connectivity index (χ1v) is 9.07. The maximum atomic E-state index is 12.5. The standard InChI is InChI=1S/C19H25N5O2/c1-2-3-8-20-18-14-21-16(13-22-18)19(25)23-15-6-4-5-7-17(15)24-9-11-26-12-10-24/h4-7,13-14H,2-3,8-12H2,1H3,(H,20,22)(H,23,25). The van der Waals surface area contributed by atoms with E-state index in [0.717, 1.165) is 43.9 Å². The van der Waals surface area contributed by atoms with Crippen LogP contribution in [0.5, 0.6) is 0 Å². The van der Waals surface area contributed by atoms with Crippen molar-refractivity contribution >= 4 is 23.1 Å². The largest absolute Gasteiger partial charge is 0.378 e. The minimum absolute atomic E-state index is 0.265. The molecule has 7 heteroatoms. The van der Waals surface area contributed by atoms with Gasteiger partial charge in [-0.05, 0) is 18.6 Å². The summed E-state index contributed by atoms with van der Waals surface area (Å²) in [6.07, 6.45) is 5.28. The number of anilines is 3. The molecule has 1 aromatic carbocycles. The second-order valence-corrected chi connectivity index (χ2v) is 6.14. The molecule has 1 aliphatic rings. The molecule has 1 saturated heterocycles. The number of rotatable bonds is 7. The lowest BCUT2D eigenvalue weighted by atomic mass is 10.2. The second kappa shape index (κ2) is 9.15. The Kier molecular flexibility index (Phi) is 6.38. The van der Waals surface area contributed by atoms with E-state index in [9.17, 15) is 4.79 Å². The first-order valence-electron chi connectivity index (χ1n) is 9.07. The minimum atomic E-state index is -0.265. The zero-order valence-corrected chi connectivity index (χ0v) is 15.1. The molecule has 2 aromatic rings. The van der Waals surface area contributed by atoms with Gasteiger partial charge in [-0.25, -0.2) is 9.97 Å². The highest BCUT2D eigenvalue weighted by molar-refractivity contribution is 6.04. The molecule has 1 aromatic heterocycles. The Morgan fingerprint density at radius 2 is 2.00 bits per heavy atom. The summed E-state index contributed by atoms with van der Waals surface area (Å²) in [5.41, 5.74) is 2.06. The molecule has 0 saturated carbocycles. The first kappa shape index (κ1) is 18.1. The summed E-state index contributed by atoms with van der Waals surface area (Å²) >= 11 is 0. The molecule has 3 rings (SSSR count). The SMILES string of the molecule is CCCCNc1cnc(C(=O)Nc2ccccc2N2CCOCC2)cn1. The Morgan fingerprint density at radius 3 is 2.73 bits per heavy atom. The van der Waals surface area contributed by atoms with Crippen LogP contribution < -0.4 is 15.5 Å². The van der Waals surface area contributed by atoms with E-state index in [1.54, 1.807) is 6.20 Å². The van der Waals surface area contributed by atoms with Gasteiger partial charge in [0.25, 0.3) is 5.91 Å². The van der Waals surface area contributed by atoms with Crippen LogP contribution in [-0.2, 0) is 4.74 Å². The zero-order valence-electron chi connectivity index (χ0n) is 15.1. The molecule has 0 atom stereocenters. The molecule has 0 unspecified atom stereocenters. The Labute approximate surface area is 153 Å². The molecule has 1 aliphatic heterocycles. The zero-order chi connectivity index (χ0) is 18.2. The Morgan fingerprint density at radius 1 is 1.19 bits per heavy atom. The smallest absolute Gasteiger partial charge is 0.275 e. The number of carbonyl (C=O) groups is 1. The van der Waals surface area contributed by atoms with Crippen LogP contribution in [0.25, 0.3) is 0 Å². The van der Waals surface area contributed by atoms with Gasteiger partial charge >= 0.3 is 0 Å². The van der Waals surface area contributed by atoms with Gasteiger partial charge in [-0.2, -0.15) is 0 Å². The maximum Gasteiger partial charge on any atom is 0.275 e. The number of carbonyl (C=O) groups excluding carboxylic acids is 1. The summed E-state index contributed by atoms with van der Waals surface area (Å²) in [5.74, 6) is 0.419. The molecular weight excluding hydrogens is 330 g/mol. The topological polar surface area (TPSA) is 79.4 Å². The number of nitrogens with zero attached hydrogens (tertiary/aromatic N) is 3. The maximum absolute atomic E-state index is 12.5. The number of morpholine rings is 1. The molecule has 0 spiro atoms. The quantitative estimate of drug-likeness (QED) is 0.744. The van der Waals surface area contributed by atoms with Crippen molar-refractivity contribution in [1.29, 1.82) is 0 Å². The Hall–Kier alpha value is -2.67. The third-order valence-electron chi connectivity index (χ3n) is 4.22. The number of nitrogens with one attached hydrogen (secondary N) is 2. The van der Waals surface area contributed by atoms with Gasteiger partial charge in [0.2, 0.25) is 0 Å². The van der Waals surface area contributed by atoms with Crippen LogP contribution in [-0.4, -0.2) is 48.7 Å². The molecule has 1 fully saturated rings. The average molecular weight is 355 g/mol. The van der Waals surface area contributed by atoms with Gasteiger partial charge in [0.05, 0.1) is 37.0 Å². The summed E-state index contributed by atoms with van der Waals surface area (Å²) in [6, 6.07) is 7.78. The van der Waals surface area contributed by atoms with E-state index in [0.29, 0.717) is 24.7 Å². The molecule has 2 heterocycles. The van der Waals surface area contributed by atoms with Crippen molar-refractivity contribution in [3.63, 3.8) is 0 Å². The van der Waals surface area contributed by atoms with Crippen molar-refractivity contribution in [2.75, 3.05) is 48.4 Å². The number of ether oxygens (including phenoxy) is 1. The monoisotopic (exact) mass is 355 g/mol. The Bertz CT molecular complexity index is 714. The molecule has 138 valence electrons. The van der Waals surface area contributed by atoms with Gasteiger partial charge in [0.1, 0.15) is 11.5 Å². The van der Waals surface area contributed by atoms with E-state index in [2.05, 4.69) is 32.4 Å². The van der Waals surface area contributed by atoms with E-state index in [-0.39, 0.29) is 5.91 Å². The summed E-state index contributed by atoms with van der Waals surface area (Å²) in [5, 5.41) is 6.14. The highest BCUT2D eigenvalue weighted by Gasteiger charge is 2.16. The summed E-state index contributed by atoms with van der Waals surface area (Å²) in [4.78, 5) is 23.2. The van der Waals surface area contributed by atoms with Crippen molar-refractivity contribution in [3.05, 3.63) is 42.4 Å². The molecule has 2 N–H and O–H groups in total. The molecule has 7 nitrogen and oxygen atoms in total. The van der Waals surface area contributed by atoms with Crippen LogP contribution in [0.4, 0.5) is 17.2 Å². The lowest BCUT2D eigenvalue weighted by Crippen LogP contribution is -2.36. The first-order chi connectivity index (χ1) is 12.8. The van der Waals surface area contributed by atoms with Crippen molar-refractivity contribution in [1.82, 2.24) is 9.97 Å². The highest BCUT2D eigenvalue weighted by atomic mass is 16.5. The fourth-order valence-electron chi connectivity index (χ4n) is 2.78. The van der Waals surface area contributed by atoms with E-state index in [4.69, 9.17) is 4.74 Å². The lowest BCUT2D eigenvalue weighted by Gasteiger charge is -2.30. The fourth-order valence-corrected chi connectivity index (χ4v) is 2.78. The number of amides is 1. The summed E-state index contributed by atoms with van der Waals surface area (Å²) < 4.78 is 5.40. The molecule has 26 heavy (non-hydrogen) atoms. The second-order valence-electron chi connectivity index (χ2n) is 6.14. The summed E-state index contributed by atoms with van der Waals surface area (Å²) in [7, 11) is 0. The number of benzene rings is 1. The molecule has 0 bridgehead atoms. The van der Waals surface area contributed by atoms with Crippen molar-refractivity contribution in [3.8, 4) is 0 Å². The van der Waals surface area contributed by atoms with Crippen LogP contribution in [0.1, 0.15) is 30.3 Å². The van der Waals surface area contributed by atoms with Gasteiger partial charge < -0.3 is 20.3 Å². The van der Waals surface area contributed by atoms with E-state index < -0.39 is 0 Å². The van der Waals surface area contributed by atoms with Crippen molar-refractivity contribution in [2.45, 2.75) is 19.8 Å². The predicted octanol–water partition coefficient (Wildman–Crippen LogP) is 2.78. The van der Waals surface area contributed by atoms with E-state index in [1.807, 2.05) is 24.3 Å². The number of unbranched alkanes of at least 4 members (excludes halogenated alkanes) is 1. The predicted molar refractivity (Wildman–Crippen MR) is 103 cm³/mol. The van der Waals surface area contributed by atoms with E-state index in [1.165, 1.54) is 6.20 Å². The van der Waals surface area contributed by atoms with Gasteiger partial charge in [-0.3, -0.25) is 4.79 Å². The van der Waals surface area contributed by atoms with Crippen molar-refractivity contribution < 1.29 is 9.53 Å². The van der Waals surface area contributed by atoms with Gasteiger partial charge in [-0.1, -0.05) is 25.5 Å². The molecular formula is C19H25N5O2. The van der Waals surface area contributed by atoms with Gasteiger partial charge in [-0.15, -0.1) is 0 Å². The third kappa shape index (κ3) is 4.70. The van der Waals surface area contributed by atoms with Crippen LogP contribution in [0.15, 0.2) is 36.7 Å². The molecule has 0 aliphatic carbocycles. The average Bonchev–Trinajstić information content (AvgIpc) is 2.70. The van der Waals surface area contributed by atoms with Crippen LogP contribution in [0.2, 0.25) is 0 Å². The minimum Gasteiger partial charge on any atom is -0.378 e. The number of hydrogen-bond donors (Lipinski definition) is 2. The van der Waals surface area contributed by atoms with Crippen LogP contribution >= 0.6 is 0 Å². The number of hydrogen-bond acceptors (Lipinski definition) is 6. The molecule has 1 amide bonds. The number of para-hydroxylation sites is 2. The normalized spacial score (nSPS) is 14.1. The number of aromatic nitrogens is 2. The van der Waals surface area contributed by atoms with Gasteiger partial charge in [0.15, 0.2) is 0 Å². The highest BCUT2D eigenvalue weighted by Crippen LogP contribution is 2.26. The van der Waals surface area contributed by atoms with Crippen molar-refractivity contribution in [2.24, 2.45) is 0 Å². The Balaban J connectivity index is 1.66. The third-order valence-corrected chi connectivity index (χ3v) is 4.22. The fraction of sp³-hybridized carbons (Fsp3) is 0.421. The van der Waals surface area contributed by atoms with Crippen LogP contribution in [0, 0.1) is 0 Å². The lowest BCUT2D eigenvalue weighted by molar-refractivity contribution is 0.102.